The molecule has 0 unspecified atom stereocenters. The first kappa shape index (κ1) is 18.1. The second-order valence-corrected chi connectivity index (χ2v) is 7.07. The largest absolute Gasteiger partial charge is 0.350 e. The first-order chi connectivity index (χ1) is 12.5. The first-order valence-electron chi connectivity index (χ1n) is 8.22. The lowest BCUT2D eigenvalue weighted by Gasteiger charge is -2.12. The summed E-state index contributed by atoms with van der Waals surface area (Å²) in [6.45, 7) is 3.88. The molecule has 2 aromatic heterocycles. The van der Waals surface area contributed by atoms with Crippen molar-refractivity contribution in [1.29, 1.82) is 0 Å². The molecule has 1 N–H and O–H groups in total. The second kappa shape index (κ2) is 7.66. The van der Waals surface area contributed by atoms with Crippen LogP contribution in [0.4, 0.5) is 4.39 Å². The number of hydrogen-bond acceptors (Lipinski definition) is 3. The number of carbonyl (C=O) groups is 2. The molecule has 0 aliphatic heterocycles. The van der Waals surface area contributed by atoms with E-state index >= 15 is 0 Å². The van der Waals surface area contributed by atoms with E-state index in [1.807, 2.05) is 24.4 Å². The lowest BCUT2D eigenvalue weighted by atomic mass is 10.1. The van der Waals surface area contributed by atoms with E-state index in [4.69, 9.17) is 0 Å². The van der Waals surface area contributed by atoms with Gasteiger partial charge in [-0.25, -0.2) is 4.39 Å². The van der Waals surface area contributed by atoms with Crippen molar-refractivity contribution in [3.8, 4) is 11.3 Å². The number of aromatic nitrogens is 1. The van der Waals surface area contributed by atoms with Crippen LogP contribution in [0.5, 0.6) is 0 Å². The molecular weight excluding hydrogens is 351 g/mol. The van der Waals surface area contributed by atoms with Crippen molar-refractivity contribution in [2.75, 3.05) is 0 Å². The van der Waals surface area contributed by atoms with Gasteiger partial charge in [-0.2, -0.15) is 0 Å². The summed E-state index contributed by atoms with van der Waals surface area (Å²) in [6.07, 6.45) is 0. The van der Waals surface area contributed by atoms with Crippen LogP contribution in [0.15, 0.2) is 47.8 Å². The Bertz CT molecular complexity index is 928. The molecule has 1 amide bonds. The summed E-state index contributed by atoms with van der Waals surface area (Å²) in [5, 5.41) is 4.85. The number of Topliss-reactive ketones (excluding diaryl/α,β-unsaturated/α-hetero) is 1. The molecule has 0 aliphatic carbocycles. The summed E-state index contributed by atoms with van der Waals surface area (Å²) in [5.74, 6) is -0.539. The Morgan fingerprint density at radius 3 is 2.54 bits per heavy atom. The van der Waals surface area contributed by atoms with E-state index in [0.717, 1.165) is 21.8 Å². The molecule has 1 aromatic carbocycles. The van der Waals surface area contributed by atoms with E-state index in [2.05, 4.69) is 5.32 Å². The smallest absolute Gasteiger partial charge is 0.240 e. The summed E-state index contributed by atoms with van der Waals surface area (Å²) in [4.78, 5) is 25.4. The van der Waals surface area contributed by atoms with Crippen molar-refractivity contribution in [2.24, 2.45) is 0 Å². The molecular formula is C20H19FN2O2S. The van der Waals surface area contributed by atoms with Gasteiger partial charge < -0.3 is 9.88 Å². The summed E-state index contributed by atoms with van der Waals surface area (Å²) in [5.41, 5.74) is 2.77. The fourth-order valence-corrected chi connectivity index (χ4v) is 3.51. The lowest BCUT2D eigenvalue weighted by molar-refractivity contribution is -0.121. The maximum atomic E-state index is 13.2. The van der Waals surface area contributed by atoms with Crippen molar-refractivity contribution >= 4 is 23.0 Å². The fourth-order valence-electron chi connectivity index (χ4n) is 2.86. The number of halogens is 1. The van der Waals surface area contributed by atoms with Crippen LogP contribution in [0.25, 0.3) is 11.3 Å². The number of hydrogen-bond donors (Lipinski definition) is 1. The lowest BCUT2D eigenvalue weighted by Crippen LogP contribution is -2.27. The predicted molar refractivity (Wildman–Crippen MR) is 101 cm³/mol. The van der Waals surface area contributed by atoms with Gasteiger partial charge in [0.15, 0.2) is 5.78 Å². The average molecular weight is 370 g/mol. The van der Waals surface area contributed by atoms with Crippen molar-refractivity contribution in [1.82, 2.24) is 9.88 Å². The van der Waals surface area contributed by atoms with Gasteiger partial charge in [0.25, 0.3) is 0 Å². The predicted octanol–water partition coefficient (Wildman–Crippen LogP) is 4.18. The van der Waals surface area contributed by atoms with Gasteiger partial charge in [0, 0.05) is 21.8 Å². The number of amides is 1. The van der Waals surface area contributed by atoms with Gasteiger partial charge in [-0.3, -0.25) is 9.59 Å². The molecule has 0 atom stereocenters. The Hall–Kier alpha value is -2.73. The minimum atomic E-state index is -0.330. The van der Waals surface area contributed by atoms with E-state index in [-0.39, 0.29) is 24.1 Å². The van der Waals surface area contributed by atoms with Crippen molar-refractivity contribution in [3.63, 3.8) is 0 Å². The highest BCUT2D eigenvalue weighted by Gasteiger charge is 2.18. The third-order valence-electron chi connectivity index (χ3n) is 4.23. The molecule has 0 saturated carbocycles. The van der Waals surface area contributed by atoms with Gasteiger partial charge in [0.1, 0.15) is 12.4 Å². The number of nitrogens with zero attached hydrogens (tertiary/aromatic N) is 1. The Morgan fingerprint density at radius 2 is 1.92 bits per heavy atom. The SMILES string of the molecule is CC(=O)c1cc(-c2ccc(F)cc2)n(CC(=O)NCc2cccs2)c1C. The Kier molecular flexibility index (Phi) is 5.32. The van der Waals surface area contributed by atoms with Gasteiger partial charge in [-0.1, -0.05) is 6.07 Å². The molecule has 2 heterocycles. The van der Waals surface area contributed by atoms with Gasteiger partial charge in [0.05, 0.1) is 6.54 Å². The third kappa shape index (κ3) is 3.91. The summed E-state index contributed by atoms with van der Waals surface area (Å²) in [7, 11) is 0. The Labute approximate surface area is 155 Å². The van der Waals surface area contributed by atoms with E-state index in [1.54, 1.807) is 34.1 Å². The zero-order valence-electron chi connectivity index (χ0n) is 14.6. The zero-order valence-corrected chi connectivity index (χ0v) is 15.4. The molecule has 6 heteroatoms. The van der Waals surface area contributed by atoms with Crippen LogP contribution in [0.3, 0.4) is 0 Å². The molecule has 0 bridgehead atoms. The quantitative estimate of drug-likeness (QED) is 0.662. The maximum Gasteiger partial charge on any atom is 0.240 e. The zero-order chi connectivity index (χ0) is 18.7. The van der Waals surface area contributed by atoms with Gasteiger partial charge in [0.2, 0.25) is 5.91 Å². The first-order valence-corrected chi connectivity index (χ1v) is 9.09. The number of nitrogens with one attached hydrogen (secondary N) is 1. The van der Waals surface area contributed by atoms with Crippen LogP contribution >= 0.6 is 11.3 Å². The topological polar surface area (TPSA) is 51.1 Å². The van der Waals surface area contributed by atoms with E-state index in [9.17, 15) is 14.0 Å². The van der Waals surface area contributed by atoms with Crippen LogP contribution in [-0.2, 0) is 17.9 Å². The maximum absolute atomic E-state index is 13.2. The molecule has 0 spiro atoms. The fraction of sp³-hybridized carbons (Fsp3) is 0.200. The van der Waals surface area contributed by atoms with Crippen LogP contribution in [0.1, 0.15) is 27.9 Å². The highest BCUT2D eigenvalue weighted by atomic mass is 32.1. The van der Waals surface area contributed by atoms with Gasteiger partial charge in [-0.15, -0.1) is 11.3 Å². The van der Waals surface area contributed by atoms with Crippen molar-refractivity contribution in [3.05, 3.63) is 69.8 Å². The minimum absolute atomic E-state index is 0.0661. The molecule has 0 saturated heterocycles. The van der Waals surface area contributed by atoms with E-state index in [0.29, 0.717) is 12.1 Å². The number of ketones is 1. The van der Waals surface area contributed by atoms with Crippen LogP contribution < -0.4 is 5.32 Å². The molecule has 134 valence electrons. The molecule has 3 aromatic rings. The Balaban J connectivity index is 1.87. The van der Waals surface area contributed by atoms with Gasteiger partial charge in [-0.05, 0) is 61.2 Å². The number of thiophene rings is 1. The number of carbonyl (C=O) groups excluding carboxylic acids is 2. The minimum Gasteiger partial charge on any atom is -0.350 e. The standard InChI is InChI=1S/C20H19FN2O2S/c1-13-18(14(2)24)10-19(15-5-7-16(21)8-6-15)23(13)12-20(25)22-11-17-4-3-9-26-17/h3-10H,11-12H2,1-2H3,(H,22,25). The molecule has 0 fully saturated rings. The normalized spacial score (nSPS) is 10.7. The highest BCUT2D eigenvalue weighted by molar-refractivity contribution is 7.09. The second-order valence-electron chi connectivity index (χ2n) is 6.03. The molecule has 4 nitrogen and oxygen atoms in total. The molecule has 0 aliphatic rings. The van der Waals surface area contributed by atoms with Crippen LogP contribution in [0.2, 0.25) is 0 Å². The van der Waals surface area contributed by atoms with Crippen molar-refractivity contribution in [2.45, 2.75) is 26.9 Å². The third-order valence-corrected chi connectivity index (χ3v) is 5.10. The summed E-state index contributed by atoms with van der Waals surface area (Å²) >= 11 is 1.58. The average Bonchev–Trinajstić information content (AvgIpc) is 3.23. The number of benzene rings is 1. The van der Waals surface area contributed by atoms with E-state index < -0.39 is 0 Å². The number of rotatable bonds is 6. The van der Waals surface area contributed by atoms with Crippen molar-refractivity contribution < 1.29 is 14.0 Å². The highest BCUT2D eigenvalue weighted by Crippen LogP contribution is 2.26. The molecule has 0 radical (unpaired) electrons. The summed E-state index contributed by atoms with van der Waals surface area (Å²) < 4.78 is 15.0. The summed E-state index contributed by atoms with van der Waals surface area (Å²) in [6, 6.07) is 11.7. The monoisotopic (exact) mass is 370 g/mol. The molecule has 3 rings (SSSR count). The van der Waals surface area contributed by atoms with E-state index in [1.165, 1.54) is 19.1 Å². The van der Waals surface area contributed by atoms with Gasteiger partial charge >= 0.3 is 0 Å². The Morgan fingerprint density at radius 1 is 1.19 bits per heavy atom. The van der Waals surface area contributed by atoms with Crippen LogP contribution in [-0.4, -0.2) is 16.3 Å². The molecule has 26 heavy (non-hydrogen) atoms. The van der Waals surface area contributed by atoms with Crippen LogP contribution in [0, 0.1) is 12.7 Å².